The van der Waals surface area contributed by atoms with Crippen LogP contribution in [0.1, 0.15) is 350 Å². The number of unbranched alkanes of at least 4 members (excludes halogenated alkanes) is 42. The van der Waals surface area contributed by atoms with E-state index in [1.54, 1.807) is 34.0 Å². The lowest BCUT2D eigenvalue weighted by molar-refractivity contribution is 0.258. The molecule has 105 heavy (non-hydrogen) atoms. The smallest absolute Gasteiger partial charge is 0.175 e. The fourth-order valence-corrected chi connectivity index (χ4v) is 15.9. The molecule has 0 spiro atoms. The van der Waals surface area contributed by atoms with Gasteiger partial charge < -0.3 is 28.4 Å². The van der Waals surface area contributed by atoms with Crippen LogP contribution in [0.15, 0.2) is 73.2 Å². The van der Waals surface area contributed by atoms with Crippen molar-refractivity contribution in [1.82, 2.24) is 29.9 Å². The van der Waals surface area contributed by atoms with Crippen LogP contribution in [-0.2, 0) is 0 Å². The lowest BCUT2D eigenvalue weighted by Gasteiger charge is -2.14. The van der Waals surface area contributed by atoms with Gasteiger partial charge in [-0.15, -0.1) is 34.0 Å². The molecule has 0 N–H and O–H groups in total. The van der Waals surface area contributed by atoms with Gasteiger partial charge in [0.1, 0.15) is 15.0 Å². The van der Waals surface area contributed by atoms with E-state index in [2.05, 4.69) is 96.1 Å². The van der Waals surface area contributed by atoms with Crippen LogP contribution in [0, 0.1) is 0 Å². The van der Waals surface area contributed by atoms with Gasteiger partial charge >= 0.3 is 0 Å². The lowest BCUT2D eigenvalue weighted by atomic mass is 10.1. The number of nitrogens with zero attached hydrogens (tertiary/aromatic N) is 6. The molecule has 0 radical (unpaired) electrons. The van der Waals surface area contributed by atoms with Gasteiger partial charge in [-0.2, -0.15) is 0 Å². The minimum Gasteiger partial charge on any atom is -0.490 e. The van der Waals surface area contributed by atoms with E-state index in [0.717, 1.165) is 139 Å². The van der Waals surface area contributed by atoms with Gasteiger partial charge in [-0.25, -0.2) is 29.9 Å². The zero-order chi connectivity index (χ0) is 73.7. The van der Waals surface area contributed by atoms with Gasteiger partial charge in [0.2, 0.25) is 0 Å². The van der Waals surface area contributed by atoms with Crippen LogP contribution in [-0.4, -0.2) is 69.5 Å². The largest absolute Gasteiger partial charge is 0.490 e. The number of thiazole rings is 3. The van der Waals surface area contributed by atoms with E-state index in [9.17, 15) is 0 Å². The van der Waals surface area contributed by atoms with Crippen molar-refractivity contribution in [1.29, 1.82) is 0 Å². The molecule has 7 aromatic rings. The molecule has 15 heteroatoms. The molecule has 7 rings (SSSR count). The standard InChI is InChI=1S/C90H138N6O6S3/c1-7-13-19-25-31-37-43-49-61-97-76-58-55-73(67-79(76)100-64-52-46-40-34-28-22-16-10-4)88-91-70-82(103-88)85-94-86(83-71-92-89(104-83)74-56-59-77(98-62-50-44-38-32-26-20-14-8-2)80(68-74)101-65-53-47-41-35-29-23-17-11-5)96-87(95-85)84-72-93-90(105-84)75-57-60-78(99-63-51-45-39-33-27-21-15-9-3)81(69-75)102-66-54-48-42-36-30-24-18-12-6/h55-60,67-72H,7-54,61-66H2,1-6H3. The van der Waals surface area contributed by atoms with Crippen molar-refractivity contribution < 1.29 is 28.4 Å². The molecule has 0 amide bonds. The summed E-state index contributed by atoms with van der Waals surface area (Å²) in [5.41, 5.74) is 2.88. The summed E-state index contributed by atoms with van der Waals surface area (Å²) in [6, 6.07) is 18.9. The minimum absolute atomic E-state index is 0.532. The zero-order valence-corrected chi connectivity index (χ0v) is 68.9. The highest BCUT2D eigenvalue weighted by molar-refractivity contribution is 7.19. The van der Waals surface area contributed by atoms with Crippen molar-refractivity contribution in [3.05, 3.63) is 73.2 Å². The summed E-state index contributed by atoms with van der Waals surface area (Å²) >= 11 is 4.70. The van der Waals surface area contributed by atoms with E-state index < -0.39 is 0 Å². The summed E-state index contributed by atoms with van der Waals surface area (Å²) < 4.78 is 39.5. The second-order valence-electron chi connectivity index (χ2n) is 29.3. The molecule has 0 saturated heterocycles. The predicted molar refractivity (Wildman–Crippen MR) is 448 cm³/mol. The fraction of sp³-hybridized carbons (Fsp3) is 0.667. The van der Waals surface area contributed by atoms with Gasteiger partial charge in [-0.3, -0.25) is 0 Å². The van der Waals surface area contributed by atoms with Gasteiger partial charge in [0, 0.05) is 35.3 Å². The molecule has 582 valence electrons. The van der Waals surface area contributed by atoms with E-state index in [-0.39, 0.29) is 0 Å². The van der Waals surface area contributed by atoms with Crippen molar-refractivity contribution in [2.24, 2.45) is 0 Å². The summed E-state index contributed by atoms with van der Waals surface area (Å²) in [4.78, 5) is 33.5. The quantitative estimate of drug-likeness (QED) is 0.0336. The van der Waals surface area contributed by atoms with Crippen molar-refractivity contribution in [3.63, 3.8) is 0 Å². The van der Waals surface area contributed by atoms with E-state index in [1.165, 1.54) is 250 Å². The highest BCUT2D eigenvalue weighted by Crippen LogP contribution is 2.42. The molecule has 0 unspecified atom stereocenters. The first-order chi connectivity index (χ1) is 51.9. The molecule has 0 fully saturated rings. The maximum atomic E-state index is 6.64. The maximum Gasteiger partial charge on any atom is 0.175 e. The van der Waals surface area contributed by atoms with Crippen LogP contribution in [0.4, 0.5) is 0 Å². The van der Waals surface area contributed by atoms with Crippen LogP contribution in [0.25, 0.3) is 63.8 Å². The second-order valence-corrected chi connectivity index (χ2v) is 32.4. The first-order valence-corrected chi connectivity index (χ1v) is 45.2. The number of hydrogen-bond acceptors (Lipinski definition) is 15. The molecular formula is C90H138N6O6S3. The number of rotatable bonds is 66. The van der Waals surface area contributed by atoms with Crippen LogP contribution < -0.4 is 28.4 Å². The highest BCUT2D eigenvalue weighted by Gasteiger charge is 2.22. The van der Waals surface area contributed by atoms with E-state index >= 15 is 0 Å². The average Bonchev–Trinajstić information content (AvgIpc) is 1.68. The second kappa shape index (κ2) is 55.7. The van der Waals surface area contributed by atoms with Gasteiger partial charge in [0.25, 0.3) is 0 Å². The van der Waals surface area contributed by atoms with Crippen LogP contribution in [0.2, 0.25) is 0 Å². The van der Waals surface area contributed by atoms with Crippen molar-refractivity contribution in [2.45, 2.75) is 350 Å². The summed E-state index contributed by atoms with van der Waals surface area (Å²) in [5.74, 6) is 6.27. The predicted octanol–water partition coefficient (Wildman–Crippen LogP) is 29.4. The molecule has 3 aromatic carbocycles. The Morgan fingerprint density at radius 3 is 0.600 bits per heavy atom. The molecule has 4 aromatic heterocycles. The molecule has 0 aliphatic carbocycles. The fourth-order valence-electron chi connectivity index (χ4n) is 13.4. The Bertz CT molecular complexity index is 2970. The van der Waals surface area contributed by atoms with Gasteiger partial charge in [-0.05, 0) is 93.1 Å². The Labute approximate surface area is 649 Å². The zero-order valence-electron chi connectivity index (χ0n) is 66.5. The Hall–Kier alpha value is -5.64. The van der Waals surface area contributed by atoms with Gasteiger partial charge in [0.15, 0.2) is 52.0 Å². The number of ether oxygens (including phenoxy) is 6. The maximum absolute atomic E-state index is 6.64. The summed E-state index contributed by atoms with van der Waals surface area (Å²) in [7, 11) is 0. The Balaban J connectivity index is 1.17. The third kappa shape index (κ3) is 34.6. The Morgan fingerprint density at radius 2 is 0.400 bits per heavy atom. The van der Waals surface area contributed by atoms with E-state index in [1.807, 2.05) is 18.6 Å². The Morgan fingerprint density at radius 1 is 0.219 bits per heavy atom. The molecule has 4 heterocycles. The van der Waals surface area contributed by atoms with Crippen LogP contribution in [0.5, 0.6) is 34.5 Å². The molecule has 0 aliphatic rings. The summed E-state index contributed by atoms with van der Waals surface area (Å²) in [6.07, 6.45) is 65.6. The SMILES string of the molecule is CCCCCCCCCCOc1ccc(-c2ncc(-c3nc(-c4cnc(-c5ccc(OCCCCCCCCCC)c(OCCCCCCCCCC)c5)s4)nc(-c4cnc(-c5ccc(OCCCCCCCCCC)c(OCCCCCCCCCC)c5)s4)n3)s2)cc1OCCCCCCCCCC. The Kier molecular flexibility index (Phi) is 46.0. The van der Waals surface area contributed by atoms with Crippen molar-refractivity contribution >= 4 is 34.0 Å². The summed E-state index contributed by atoms with van der Waals surface area (Å²) in [5, 5.41) is 2.53. The average molecular weight is 1500 g/mol. The van der Waals surface area contributed by atoms with Crippen LogP contribution >= 0.6 is 34.0 Å². The first kappa shape index (κ1) is 86.6. The monoisotopic (exact) mass is 1490 g/mol. The van der Waals surface area contributed by atoms with Gasteiger partial charge in [0.05, 0.1) is 54.3 Å². The third-order valence-corrected chi connectivity index (χ3v) is 23.0. The topological polar surface area (TPSA) is 133 Å². The number of aromatic nitrogens is 6. The molecule has 0 atom stereocenters. The highest BCUT2D eigenvalue weighted by atomic mass is 32.1. The van der Waals surface area contributed by atoms with Gasteiger partial charge in [-0.1, -0.05) is 311 Å². The minimum atomic E-state index is 0.532. The molecule has 0 aliphatic heterocycles. The number of benzene rings is 3. The molecule has 12 nitrogen and oxygen atoms in total. The van der Waals surface area contributed by atoms with Crippen molar-refractivity contribution in [3.8, 4) is 98.3 Å². The third-order valence-electron chi connectivity index (χ3n) is 19.9. The number of hydrogen-bond donors (Lipinski definition) is 0. The van der Waals surface area contributed by atoms with Crippen LogP contribution in [0.3, 0.4) is 0 Å². The summed E-state index contributed by atoms with van der Waals surface area (Å²) in [6.45, 7) is 17.6. The lowest BCUT2D eigenvalue weighted by Crippen LogP contribution is -2.03. The van der Waals surface area contributed by atoms with E-state index in [4.69, 9.17) is 58.3 Å². The molecule has 0 saturated carbocycles. The first-order valence-electron chi connectivity index (χ1n) is 42.8. The molecular weight excluding hydrogens is 1360 g/mol. The van der Waals surface area contributed by atoms with Crippen molar-refractivity contribution in [2.75, 3.05) is 39.6 Å². The normalized spacial score (nSPS) is 11.5. The molecule has 0 bridgehead atoms. The van der Waals surface area contributed by atoms with E-state index in [0.29, 0.717) is 57.1 Å².